The zero-order valence-corrected chi connectivity index (χ0v) is 15.4. The van der Waals surface area contributed by atoms with Crippen molar-refractivity contribution in [2.45, 2.75) is 6.42 Å². The van der Waals surface area contributed by atoms with E-state index in [0.717, 1.165) is 11.9 Å². The van der Waals surface area contributed by atoms with Gasteiger partial charge in [0.25, 0.3) is 0 Å². The lowest BCUT2D eigenvalue weighted by Crippen LogP contribution is -2.37. The maximum Gasteiger partial charge on any atom is 0.234 e. The summed E-state index contributed by atoms with van der Waals surface area (Å²) in [6, 6.07) is 14.4. The highest BCUT2D eigenvalue weighted by atomic mass is 19.1. The molecule has 142 valence electrons. The highest BCUT2D eigenvalue weighted by molar-refractivity contribution is 5.83. The Morgan fingerprint density at radius 1 is 1.19 bits per heavy atom. The second kappa shape index (κ2) is 9.19. The van der Waals surface area contributed by atoms with Gasteiger partial charge in [0.1, 0.15) is 6.61 Å². The van der Waals surface area contributed by atoms with E-state index >= 15 is 0 Å². The van der Waals surface area contributed by atoms with Gasteiger partial charge >= 0.3 is 0 Å². The monoisotopic (exact) mass is 369 g/mol. The smallest absolute Gasteiger partial charge is 0.234 e. The van der Waals surface area contributed by atoms with Gasteiger partial charge in [-0.2, -0.15) is 0 Å². The van der Waals surface area contributed by atoms with Crippen LogP contribution in [0.1, 0.15) is 5.56 Å². The molecule has 0 aliphatic heterocycles. The van der Waals surface area contributed by atoms with E-state index in [4.69, 9.17) is 4.74 Å². The highest BCUT2D eigenvalue weighted by Crippen LogP contribution is 2.17. The lowest BCUT2D eigenvalue weighted by Gasteiger charge is -2.16. The van der Waals surface area contributed by atoms with Crippen LogP contribution in [-0.4, -0.2) is 49.1 Å². The van der Waals surface area contributed by atoms with Gasteiger partial charge in [-0.05, 0) is 37.2 Å². The molecule has 1 amide bonds. The van der Waals surface area contributed by atoms with Gasteiger partial charge in [-0.25, -0.2) is 4.39 Å². The molecule has 1 heterocycles. The number of para-hydroxylation sites is 2. The van der Waals surface area contributed by atoms with E-state index in [9.17, 15) is 9.18 Å². The van der Waals surface area contributed by atoms with Crippen LogP contribution in [0.15, 0.2) is 54.7 Å². The summed E-state index contributed by atoms with van der Waals surface area (Å²) in [5.74, 6) is -0.188. The van der Waals surface area contributed by atoms with Crippen molar-refractivity contribution >= 4 is 16.8 Å². The van der Waals surface area contributed by atoms with Crippen molar-refractivity contribution in [3.63, 3.8) is 0 Å². The molecule has 0 spiro atoms. The quantitative estimate of drug-likeness (QED) is 0.610. The topological polar surface area (TPSA) is 57.4 Å². The molecular weight excluding hydrogens is 345 g/mol. The van der Waals surface area contributed by atoms with E-state index < -0.39 is 0 Å². The normalized spacial score (nSPS) is 11.1. The third-order valence-electron chi connectivity index (χ3n) is 4.37. The molecule has 5 nitrogen and oxygen atoms in total. The Bertz CT molecular complexity index is 894. The summed E-state index contributed by atoms with van der Waals surface area (Å²) in [5, 5.41) is 4.13. The molecule has 2 aromatic carbocycles. The minimum atomic E-state index is -0.379. The third-order valence-corrected chi connectivity index (χ3v) is 4.37. The van der Waals surface area contributed by atoms with Crippen LogP contribution in [0.25, 0.3) is 10.9 Å². The summed E-state index contributed by atoms with van der Waals surface area (Å²) >= 11 is 0. The number of aromatic amines is 1. The summed E-state index contributed by atoms with van der Waals surface area (Å²) < 4.78 is 18.9. The number of fused-ring (bicyclic) bond motifs is 1. The molecule has 0 unspecified atom stereocenters. The molecule has 0 saturated carbocycles. The number of hydrogen-bond acceptors (Lipinski definition) is 3. The van der Waals surface area contributed by atoms with Crippen LogP contribution in [0.4, 0.5) is 4.39 Å². The maximum atomic E-state index is 13.5. The summed E-state index contributed by atoms with van der Waals surface area (Å²) in [6.07, 6.45) is 2.76. The summed E-state index contributed by atoms with van der Waals surface area (Å²) in [6.45, 7) is 1.71. The molecule has 0 bridgehead atoms. The molecular formula is C21H24FN3O2. The van der Waals surface area contributed by atoms with Crippen LogP contribution in [0.2, 0.25) is 0 Å². The number of carbonyl (C=O) groups is 1. The predicted molar refractivity (Wildman–Crippen MR) is 104 cm³/mol. The molecule has 0 radical (unpaired) electrons. The second-order valence-electron chi connectivity index (χ2n) is 6.48. The van der Waals surface area contributed by atoms with Crippen LogP contribution < -0.4 is 10.1 Å². The van der Waals surface area contributed by atoms with Gasteiger partial charge in [0.05, 0.1) is 6.54 Å². The largest absolute Gasteiger partial charge is 0.489 e. The number of aromatic nitrogens is 1. The van der Waals surface area contributed by atoms with E-state index in [1.165, 1.54) is 17.0 Å². The van der Waals surface area contributed by atoms with Crippen LogP contribution >= 0.6 is 0 Å². The molecule has 3 aromatic rings. The maximum absolute atomic E-state index is 13.5. The number of nitrogens with one attached hydrogen (secondary N) is 2. The highest BCUT2D eigenvalue weighted by Gasteiger charge is 2.08. The number of carbonyl (C=O) groups excluding carboxylic acids is 1. The zero-order valence-electron chi connectivity index (χ0n) is 15.4. The molecule has 0 aliphatic carbocycles. The number of hydrogen-bond donors (Lipinski definition) is 2. The summed E-state index contributed by atoms with van der Waals surface area (Å²) in [4.78, 5) is 17.2. The van der Waals surface area contributed by atoms with E-state index in [1.54, 1.807) is 18.2 Å². The first-order valence-corrected chi connectivity index (χ1v) is 9.01. The van der Waals surface area contributed by atoms with Gasteiger partial charge < -0.3 is 15.0 Å². The molecule has 0 fully saturated rings. The van der Waals surface area contributed by atoms with Crippen molar-refractivity contribution in [1.29, 1.82) is 0 Å². The Morgan fingerprint density at radius 3 is 2.81 bits per heavy atom. The molecule has 0 aliphatic rings. The standard InChI is InChI=1S/C21H24FN3O2/c1-25(12-13-27-20-9-5-3-7-18(20)22)15-21(26)23-11-10-16-14-24-19-8-4-2-6-17(16)19/h2-9,14,24H,10-13,15H2,1H3,(H,23,26). The minimum absolute atomic E-state index is 0.0387. The summed E-state index contributed by atoms with van der Waals surface area (Å²) in [7, 11) is 1.84. The van der Waals surface area contributed by atoms with E-state index in [-0.39, 0.29) is 24.0 Å². The van der Waals surface area contributed by atoms with Crippen molar-refractivity contribution in [2.75, 3.05) is 33.3 Å². The minimum Gasteiger partial charge on any atom is -0.489 e. The number of rotatable bonds is 9. The number of likely N-dealkylation sites (N-methyl/N-ethyl adjacent to an activating group) is 1. The van der Waals surface area contributed by atoms with Crippen molar-refractivity contribution in [1.82, 2.24) is 15.2 Å². The van der Waals surface area contributed by atoms with Crippen molar-refractivity contribution in [3.8, 4) is 5.75 Å². The van der Waals surface area contributed by atoms with Crippen molar-refractivity contribution < 1.29 is 13.9 Å². The Kier molecular flexibility index (Phi) is 6.44. The number of H-pyrrole nitrogens is 1. The molecule has 6 heteroatoms. The van der Waals surface area contributed by atoms with E-state index in [2.05, 4.69) is 16.4 Å². The van der Waals surface area contributed by atoms with Crippen LogP contribution in [0.3, 0.4) is 0 Å². The average Bonchev–Trinajstić information content (AvgIpc) is 3.06. The number of amides is 1. The van der Waals surface area contributed by atoms with Gasteiger partial charge in [-0.1, -0.05) is 30.3 Å². The van der Waals surface area contributed by atoms with Crippen molar-refractivity contribution in [3.05, 3.63) is 66.1 Å². The predicted octanol–water partition coefficient (Wildman–Crippen LogP) is 2.98. The first-order chi connectivity index (χ1) is 13.1. The Balaban J connectivity index is 1.35. The lowest BCUT2D eigenvalue weighted by atomic mass is 10.1. The molecule has 2 N–H and O–H groups in total. The fourth-order valence-corrected chi connectivity index (χ4v) is 2.93. The van der Waals surface area contributed by atoms with Crippen LogP contribution in [-0.2, 0) is 11.2 Å². The van der Waals surface area contributed by atoms with E-state index in [1.807, 2.05) is 36.3 Å². The van der Waals surface area contributed by atoms with Gasteiger partial charge in [0, 0.05) is 30.2 Å². The molecule has 1 aromatic heterocycles. The number of halogens is 1. The molecule has 27 heavy (non-hydrogen) atoms. The Morgan fingerprint density at radius 2 is 1.96 bits per heavy atom. The number of ether oxygens (including phenoxy) is 1. The van der Waals surface area contributed by atoms with Gasteiger partial charge in [0.2, 0.25) is 5.91 Å². The van der Waals surface area contributed by atoms with Crippen LogP contribution in [0.5, 0.6) is 5.75 Å². The molecule has 3 rings (SSSR count). The lowest BCUT2D eigenvalue weighted by molar-refractivity contribution is -0.121. The first-order valence-electron chi connectivity index (χ1n) is 9.01. The average molecular weight is 369 g/mol. The summed E-state index contributed by atoms with van der Waals surface area (Å²) in [5.41, 5.74) is 2.30. The van der Waals surface area contributed by atoms with Gasteiger partial charge in [0.15, 0.2) is 11.6 Å². The first kappa shape index (κ1) is 18.9. The third kappa shape index (κ3) is 5.31. The van der Waals surface area contributed by atoms with Crippen molar-refractivity contribution in [2.24, 2.45) is 0 Å². The van der Waals surface area contributed by atoms with E-state index in [0.29, 0.717) is 19.7 Å². The molecule has 0 atom stereocenters. The number of benzene rings is 2. The SMILES string of the molecule is CN(CCOc1ccccc1F)CC(=O)NCCc1c[nH]c2ccccc12. The molecule has 0 saturated heterocycles. The fraction of sp³-hybridized carbons (Fsp3) is 0.286. The number of nitrogens with zero attached hydrogens (tertiary/aromatic N) is 1. The second-order valence-corrected chi connectivity index (χ2v) is 6.48. The fourth-order valence-electron chi connectivity index (χ4n) is 2.93. The Labute approximate surface area is 158 Å². The Hall–Kier alpha value is -2.86. The van der Waals surface area contributed by atoms with Crippen LogP contribution in [0, 0.1) is 5.82 Å². The van der Waals surface area contributed by atoms with Gasteiger partial charge in [-0.3, -0.25) is 9.69 Å². The zero-order chi connectivity index (χ0) is 19.1. The van der Waals surface area contributed by atoms with Gasteiger partial charge in [-0.15, -0.1) is 0 Å².